The highest BCUT2D eigenvalue weighted by Gasteiger charge is 2.50. The molecule has 112 heavy (non-hydrogen) atoms. The largest absolute Gasteiger partial charge is 0.213 e. The third-order valence-electron chi connectivity index (χ3n) is 28.8. The molecule has 0 atom stereocenters. The van der Waals surface area contributed by atoms with Crippen molar-refractivity contribution < 1.29 is 19.2 Å². The summed E-state index contributed by atoms with van der Waals surface area (Å²) in [6.45, 7) is 42.4. The second-order valence-electron chi connectivity index (χ2n) is 36.9. The second-order valence-corrected chi connectivity index (χ2v) is 36.9. The van der Waals surface area contributed by atoms with Crippen molar-refractivity contribution in [3.63, 3.8) is 0 Å². The van der Waals surface area contributed by atoms with Crippen LogP contribution in [0.3, 0.4) is 0 Å². The molecule has 14 aromatic rings. The van der Waals surface area contributed by atoms with Crippen LogP contribution in [-0.4, -0.2) is 0 Å². The normalized spacial score (nSPS) is 17.2. The van der Waals surface area contributed by atoms with Crippen molar-refractivity contribution in [3.8, 4) is 89.4 Å². The molecule has 3 heteroatoms. The lowest BCUT2D eigenvalue weighted by molar-refractivity contribution is -0.661. The number of rotatable bonds is 6. The predicted octanol–water partition coefficient (Wildman–Crippen LogP) is 27.2. The lowest BCUT2D eigenvalue weighted by atomic mass is 9.54. The van der Waals surface area contributed by atoms with Crippen molar-refractivity contribution in [1.29, 1.82) is 0 Å². The molecule has 564 valence electrons. The number of aromatic nitrogens is 3. The molecule has 3 nitrogen and oxygen atoms in total. The molecule has 4 aliphatic carbocycles. The van der Waals surface area contributed by atoms with E-state index < -0.39 is 12.7 Å². The first-order valence-electron chi connectivity index (χ1n) is 42.9. The molecule has 0 unspecified atom stereocenters. The van der Waals surface area contributed by atoms with Crippen LogP contribution in [0.2, 0.25) is 0 Å². The summed E-state index contributed by atoms with van der Waals surface area (Å²) in [7, 11) is 6.46. The van der Waals surface area contributed by atoms with Gasteiger partial charge >= 0.3 is 0 Å². The molecular formula is C109H116N3+3. The molecule has 0 aliphatic heterocycles. The topological polar surface area (TPSA) is 11.6 Å². The minimum absolute atomic E-state index is 0.0152. The van der Waals surface area contributed by atoms with Gasteiger partial charge in [-0.2, -0.15) is 0 Å². The van der Waals surface area contributed by atoms with Crippen LogP contribution in [0.25, 0.3) is 122 Å². The van der Waals surface area contributed by atoms with Gasteiger partial charge in [0.25, 0.3) is 0 Å². The standard InChI is InChI=1S/2C37H38N.C35H40N/c1-23-13-9-12-16-28(23)32-22-38(8)35(18-25(32)3)29-21-34-30(17-24(29)2)31-19-26-14-10-11-15-27(26)20-33(31)36(4,5)37(34,6)7;1-23-13-15-27(16-14-23)32-22-38(8)34(20-25(32)3)30-21-33-31(19-24(30)2)29-18-17-26-11-9-10-12-28(26)35(29)37(6,7)36(33,4)5;1-22-16-17-29-33(32(22)31-18-23(2)28(21-36(31)7)24-12-8-9-13-24)27-19-25-14-10-11-15-26(25)20-30(27)35(5,6)34(29,3)4/h2*9-22H,1-8H3;10-11,14-21,24H,8-9,12-13H2,1-7H3/q3*+1/i;1D3;24D. The number of nitrogens with zero attached hydrogens (tertiary/aromatic N) is 3. The Hall–Kier alpha value is -10.4. The van der Waals surface area contributed by atoms with E-state index in [-0.39, 0.29) is 32.5 Å². The average Bonchev–Trinajstić information content (AvgIpc) is 0.797. The van der Waals surface area contributed by atoms with Crippen LogP contribution < -0.4 is 13.7 Å². The minimum atomic E-state index is -2.10. The van der Waals surface area contributed by atoms with Crippen LogP contribution in [-0.2, 0) is 53.6 Å². The molecule has 18 rings (SSSR count). The smallest absolute Gasteiger partial charge is 0.201 e. The average molecular weight is 1470 g/mol. The van der Waals surface area contributed by atoms with Gasteiger partial charge in [0.05, 0.1) is 5.56 Å². The van der Waals surface area contributed by atoms with Crippen LogP contribution in [0.1, 0.15) is 204 Å². The van der Waals surface area contributed by atoms with Crippen molar-refractivity contribution in [2.75, 3.05) is 0 Å². The van der Waals surface area contributed by atoms with Gasteiger partial charge in [0.2, 0.25) is 17.1 Å². The molecule has 1 saturated carbocycles. The maximum absolute atomic E-state index is 9.18. The minimum Gasteiger partial charge on any atom is -0.201 e. The number of pyridine rings is 3. The summed E-state index contributed by atoms with van der Waals surface area (Å²) < 4.78 is 39.1. The Bertz CT molecular complexity index is 6380. The fourth-order valence-corrected chi connectivity index (χ4v) is 20.0. The van der Waals surface area contributed by atoms with Gasteiger partial charge in [-0.3, -0.25) is 0 Å². The van der Waals surface area contributed by atoms with Crippen LogP contribution in [0.15, 0.2) is 231 Å². The van der Waals surface area contributed by atoms with E-state index in [1.165, 1.54) is 183 Å². The van der Waals surface area contributed by atoms with Crippen molar-refractivity contribution >= 4 is 32.3 Å². The first kappa shape index (κ1) is 70.7. The molecule has 0 radical (unpaired) electrons. The lowest BCUT2D eigenvalue weighted by Crippen LogP contribution is -2.44. The highest BCUT2D eigenvalue weighted by Crippen LogP contribution is 2.60. The zero-order valence-corrected chi connectivity index (χ0v) is 70.6. The van der Waals surface area contributed by atoms with E-state index in [4.69, 9.17) is 4.11 Å². The summed E-state index contributed by atoms with van der Waals surface area (Å²) in [5.41, 5.74) is 39.2. The third-order valence-corrected chi connectivity index (χ3v) is 28.8. The van der Waals surface area contributed by atoms with E-state index in [0.29, 0.717) is 5.56 Å². The third kappa shape index (κ3) is 12.1. The molecule has 0 amide bonds. The van der Waals surface area contributed by atoms with E-state index >= 15 is 0 Å². The summed E-state index contributed by atoms with van der Waals surface area (Å²) in [6, 6.07) is 78.1. The summed E-state index contributed by atoms with van der Waals surface area (Å²) in [6.07, 6.45) is 11.0. The molecule has 3 aromatic heterocycles. The molecule has 4 aliphatic rings. The SMILES string of the molecule is Cc1ccccc1-c1c[n+](C)c(-c2cc3c(cc2C)-c2cc4ccccc4cc2C(C)(C)C3(C)C)cc1C.[2H]C([2H])([2H])c1ccc(-c2c[n+](C)c(-c3cc4c(cc3C)-c3ccc5ccccc5c3C(C)(C)C4(C)C)cc2C)cc1.[2H]C1(c2c[n+](C)c(-c3c(C)ccc4c3-c3cc5ccccc5cc3C(C)(C)C4(C)C)cc2C)CCCC1. The van der Waals surface area contributed by atoms with E-state index in [2.05, 4.69) is 373 Å². The van der Waals surface area contributed by atoms with Crippen LogP contribution in [0.5, 0.6) is 0 Å². The highest BCUT2D eigenvalue weighted by atomic mass is 14.9. The molecule has 0 spiro atoms. The van der Waals surface area contributed by atoms with E-state index in [1.54, 1.807) is 12.1 Å². The van der Waals surface area contributed by atoms with Crippen molar-refractivity contribution in [3.05, 3.63) is 314 Å². The van der Waals surface area contributed by atoms with Crippen molar-refractivity contribution in [2.45, 2.75) is 202 Å². The van der Waals surface area contributed by atoms with Gasteiger partial charge in [0.15, 0.2) is 18.6 Å². The van der Waals surface area contributed by atoms with Crippen LogP contribution in [0, 0.1) is 55.3 Å². The van der Waals surface area contributed by atoms with E-state index in [0.717, 1.165) is 42.4 Å². The summed E-state index contributed by atoms with van der Waals surface area (Å²) in [5.74, 6) is -0.441. The molecule has 3 heterocycles. The Balaban J connectivity index is 0.000000131. The summed E-state index contributed by atoms with van der Waals surface area (Å²) in [4.78, 5) is 0. The van der Waals surface area contributed by atoms with Gasteiger partial charge in [0.1, 0.15) is 21.1 Å². The lowest BCUT2D eigenvalue weighted by Gasteiger charge is -2.49. The maximum Gasteiger partial charge on any atom is 0.213 e. The van der Waals surface area contributed by atoms with Crippen molar-refractivity contribution in [2.24, 2.45) is 21.1 Å². The molecular weight excluding hydrogens is 1350 g/mol. The zero-order valence-electron chi connectivity index (χ0n) is 74.6. The monoisotopic (exact) mass is 1470 g/mol. The molecule has 11 aromatic carbocycles. The van der Waals surface area contributed by atoms with E-state index in [9.17, 15) is 1.37 Å². The Kier molecular flexibility index (Phi) is 17.4. The first-order chi connectivity index (χ1) is 54.7. The predicted molar refractivity (Wildman–Crippen MR) is 476 cm³/mol. The number of benzene rings is 11. The van der Waals surface area contributed by atoms with Gasteiger partial charge in [-0.15, -0.1) is 0 Å². The fourth-order valence-electron chi connectivity index (χ4n) is 20.0. The molecule has 0 bridgehead atoms. The Morgan fingerprint density at radius 3 is 1.31 bits per heavy atom. The first-order valence-corrected chi connectivity index (χ1v) is 40.9. The van der Waals surface area contributed by atoms with Crippen LogP contribution in [0.4, 0.5) is 0 Å². The summed E-state index contributed by atoms with van der Waals surface area (Å²) in [5, 5.41) is 7.88. The summed E-state index contributed by atoms with van der Waals surface area (Å²) >= 11 is 0. The number of aryl methyl sites for hydroxylation is 11. The molecule has 1 fully saturated rings. The van der Waals surface area contributed by atoms with Gasteiger partial charge in [-0.1, -0.05) is 259 Å². The van der Waals surface area contributed by atoms with Gasteiger partial charge in [0, 0.05) is 56.9 Å². The molecule has 0 saturated heterocycles. The maximum atomic E-state index is 9.18. The number of fused-ring (bicyclic) bond motifs is 13. The Labute approximate surface area is 674 Å². The quantitative estimate of drug-likeness (QED) is 0.147. The Morgan fingerprint density at radius 1 is 0.304 bits per heavy atom. The van der Waals surface area contributed by atoms with Gasteiger partial charge in [-0.25, -0.2) is 13.7 Å². The number of hydrogen-bond acceptors (Lipinski definition) is 0. The highest BCUT2D eigenvalue weighted by molar-refractivity contribution is 5.99. The van der Waals surface area contributed by atoms with Gasteiger partial charge < -0.3 is 0 Å². The van der Waals surface area contributed by atoms with Crippen molar-refractivity contribution in [1.82, 2.24) is 0 Å². The second kappa shape index (κ2) is 27.5. The van der Waals surface area contributed by atoms with E-state index in [1.807, 2.05) is 12.1 Å². The fraction of sp³-hybridized carbons (Fsp3) is 0.312. The number of hydrogen-bond donors (Lipinski definition) is 0. The zero-order chi connectivity index (χ0) is 82.8. The van der Waals surface area contributed by atoms with Gasteiger partial charge in [-0.05, 0) is 287 Å². The molecule has 0 N–H and O–H groups in total. The Morgan fingerprint density at radius 2 is 0.741 bits per heavy atom. The van der Waals surface area contributed by atoms with Crippen LogP contribution >= 0.6 is 0 Å².